The number of pyridine rings is 1. The van der Waals surface area contributed by atoms with Crippen molar-refractivity contribution in [1.82, 2.24) is 10.3 Å². The monoisotopic (exact) mass is 372 g/mol. The van der Waals surface area contributed by atoms with Gasteiger partial charge in [0.1, 0.15) is 4.83 Å². The van der Waals surface area contributed by atoms with Gasteiger partial charge >= 0.3 is 0 Å². The molecule has 1 saturated carbocycles. The molecule has 4 nitrogen and oxygen atoms in total. The minimum Gasteiger partial charge on any atom is -0.391 e. The molecule has 2 aliphatic rings. The van der Waals surface area contributed by atoms with Crippen molar-refractivity contribution in [3.8, 4) is 0 Å². The lowest BCUT2D eigenvalue weighted by Crippen LogP contribution is -2.39. The normalized spacial score (nSPS) is 26.1. The number of rotatable bonds is 2. The van der Waals surface area contributed by atoms with Gasteiger partial charge in [0.2, 0.25) is 0 Å². The highest BCUT2D eigenvalue weighted by Gasteiger charge is 2.30. The van der Waals surface area contributed by atoms with E-state index in [9.17, 15) is 9.90 Å². The third-order valence-corrected chi connectivity index (χ3v) is 7.16. The molecule has 2 aromatic rings. The highest BCUT2D eigenvalue weighted by atomic mass is 32.1. The number of aliphatic hydroxyl groups is 1. The van der Waals surface area contributed by atoms with E-state index in [-0.39, 0.29) is 11.9 Å². The topological polar surface area (TPSA) is 62.2 Å². The Morgan fingerprint density at radius 2 is 2.08 bits per heavy atom. The summed E-state index contributed by atoms with van der Waals surface area (Å²) in [5.41, 5.74) is 2.87. The van der Waals surface area contributed by atoms with E-state index in [2.05, 4.69) is 32.2 Å². The summed E-state index contributed by atoms with van der Waals surface area (Å²) in [7, 11) is 0. The van der Waals surface area contributed by atoms with Crippen molar-refractivity contribution in [2.24, 2.45) is 11.3 Å². The van der Waals surface area contributed by atoms with Gasteiger partial charge in [0.25, 0.3) is 5.91 Å². The van der Waals surface area contributed by atoms with E-state index >= 15 is 0 Å². The minimum absolute atomic E-state index is 0.0792. The molecule has 2 N–H and O–H groups in total. The Hall–Kier alpha value is -1.46. The number of nitrogens with one attached hydrogen (secondary N) is 1. The molecule has 0 aromatic carbocycles. The highest BCUT2D eigenvalue weighted by molar-refractivity contribution is 7.20. The van der Waals surface area contributed by atoms with E-state index in [4.69, 9.17) is 4.98 Å². The summed E-state index contributed by atoms with van der Waals surface area (Å²) >= 11 is 1.46. The fourth-order valence-corrected chi connectivity index (χ4v) is 5.26. The van der Waals surface area contributed by atoms with Crippen LogP contribution in [0.15, 0.2) is 12.1 Å². The van der Waals surface area contributed by atoms with E-state index < -0.39 is 6.10 Å². The molecule has 4 rings (SSSR count). The lowest BCUT2D eigenvalue weighted by Gasteiger charge is -2.34. The number of carbonyl (C=O) groups excluding carboxylic acids is 1. The Kier molecular flexibility index (Phi) is 4.56. The highest BCUT2D eigenvalue weighted by Crippen LogP contribution is 2.38. The molecule has 5 heteroatoms. The summed E-state index contributed by atoms with van der Waals surface area (Å²) in [4.78, 5) is 19.1. The van der Waals surface area contributed by atoms with Gasteiger partial charge in [-0.25, -0.2) is 4.98 Å². The molecule has 2 heterocycles. The second-order valence-corrected chi connectivity index (χ2v) is 10.0. The smallest absolute Gasteiger partial charge is 0.261 e. The molecule has 2 aliphatic carbocycles. The molecule has 0 saturated heterocycles. The average molecular weight is 373 g/mol. The molecule has 0 bridgehead atoms. The van der Waals surface area contributed by atoms with Crippen LogP contribution in [0.2, 0.25) is 0 Å². The van der Waals surface area contributed by atoms with Gasteiger partial charge in [-0.05, 0) is 67.6 Å². The van der Waals surface area contributed by atoms with E-state index in [1.54, 1.807) is 0 Å². The summed E-state index contributed by atoms with van der Waals surface area (Å²) < 4.78 is 0. The van der Waals surface area contributed by atoms with E-state index in [0.717, 1.165) is 42.3 Å². The fraction of sp³-hybridized carbons (Fsp3) is 0.619. The van der Waals surface area contributed by atoms with E-state index in [0.29, 0.717) is 16.2 Å². The molecular formula is C21H28N2O2S. The number of fused-ring (bicyclic) bond motifs is 2. The zero-order chi connectivity index (χ0) is 18.5. The predicted molar refractivity (Wildman–Crippen MR) is 106 cm³/mol. The standard InChI is InChI=1S/C21H28N2O2S/c1-21(2,3)14-7-8-15-12(10-14)9-13-11-18(26-20(13)23-15)19(25)22-16-5-4-6-17(16)24/h9,11,14,16-17,24H,4-8,10H2,1-3H3,(H,22,25). The summed E-state index contributed by atoms with van der Waals surface area (Å²) in [6, 6.07) is 4.10. The Morgan fingerprint density at radius 1 is 1.27 bits per heavy atom. The van der Waals surface area contributed by atoms with Gasteiger partial charge in [-0.3, -0.25) is 4.79 Å². The number of aromatic nitrogens is 1. The van der Waals surface area contributed by atoms with Crippen molar-refractivity contribution < 1.29 is 9.90 Å². The van der Waals surface area contributed by atoms with Crippen LogP contribution in [0.1, 0.15) is 67.4 Å². The summed E-state index contributed by atoms with van der Waals surface area (Å²) in [5, 5.41) is 14.0. The second kappa shape index (κ2) is 6.61. The number of aliphatic hydroxyl groups excluding tert-OH is 1. The molecule has 1 fully saturated rings. The molecule has 3 atom stereocenters. The Labute approximate surface area is 159 Å². The van der Waals surface area contributed by atoms with Crippen LogP contribution in [0.4, 0.5) is 0 Å². The zero-order valence-corrected chi connectivity index (χ0v) is 16.7. The minimum atomic E-state index is -0.409. The van der Waals surface area contributed by atoms with Crippen LogP contribution < -0.4 is 5.32 Å². The maximum atomic E-state index is 12.6. The number of amides is 1. The quantitative estimate of drug-likeness (QED) is 0.835. The van der Waals surface area contributed by atoms with Gasteiger partial charge in [0, 0.05) is 11.1 Å². The van der Waals surface area contributed by atoms with Crippen LogP contribution in [0.5, 0.6) is 0 Å². The maximum absolute atomic E-state index is 12.6. The molecule has 26 heavy (non-hydrogen) atoms. The first kappa shape index (κ1) is 17.9. The molecule has 0 spiro atoms. The summed E-state index contributed by atoms with van der Waals surface area (Å²) in [5.74, 6) is 0.601. The Morgan fingerprint density at radius 3 is 2.77 bits per heavy atom. The lowest BCUT2D eigenvalue weighted by molar-refractivity contribution is 0.0877. The molecule has 1 amide bonds. The van der Waals surface area contributed by atoms with Crippen molar-refractivity contribution in [1.29, 1.82) is 0 Å². The van der Waals surface area contributed by atoms with Crippen molar-refractivity contribution >= 4 is 27.5 Å². The molecule has 2 aromatic heterocycles. The summed E-state index contributed by atoms with van der Waals surface area (Å²) in [6.07, 6.45) is 5.50. The van der Waals surface area contributed by atoms with Crippen LogP contribution >= 0.6 is 11.3 Å². The van der Waals surface area contributed by atoms with Crippen molar-refractivity contribution in [2.75, 3.05) is 0 Å². The molecule has 0 aliphatic heterocycles. The van der Waals surface area contributed by atoms with Crippen LogP contribution in [0, 0.1) is 11.3 Å². The first-order valence-corrected chi connectivity index (χ1v) is 10.5. The lowest BCUT2D eigenvalue weighted by atomic mass is 9.71. The van der Waals surface area contributed by atoms with Crippen LogP contribution in [0.3, 0.4) is 0 Å². The number of hydrogen-bond acceptors (Lipinski definition) is 4. The van der Waals surface area contributed by atoms with Gasteiger partial charge in [0.05, 0.1) is 17.0 Å². The molecule has 3 unspecified atom stereocenters. The largest absolute Gasteiger partial charge is 0.391 e. The van der Waals surface area contributed by atoms with E-state index in [1.807, 2.05) is 6.07 Å². The first-order valence-electron chi connectivity index (χ1n) is 9.72. The van der Waals surface area contributed by atoms with Crippen LogP contribution in [-0.4, -0.2) is 28.1 Å². The number of carbonyl (C=O) groups is 1. The zero-order valence-electron chi connectivity index (χ0n) is 15.8. The van der Waals surface area contributed by atoms with Crippen molar-refractivity contribution in [3.05, 3.63) is 28.3 Å². The Bertz CT molecular complexity index is 836. The predicted octanol–water partition coefficient (Wildman–Crippen LogP) is 4.09. The van der Waals surface area contributed by atoms with Crippen molar-refractivity contribution in [2.45, 2.75) is 71.4 Å². The van der Waals surface area contributed by atoms with E-state index in [1.165, 1.54) is 29.0 Å². The van der Waals surface area contributed by atoms with Gasteiger partial charge in [-0.2, -0.15) is 0 Å². The van der Waals surface area contributed by atoms with Gasteiger partial charge in [-0.15, -0.1) is 11.3 Å². The molecular weight excluding hydrogens is 344 g/mol. The number of nitrogens with zero attached hydrogens (tertiary/aromatic N) is 1. The number of hydrogen-bond donors (Lipinski definition) is 2. The SMILES string of the molecule is CC(C)(C)C1CCc2nc3sc(C(=O)NC4CCCC4O)cc3cc2C1. The Balaban J connectivity index is 1.57. The molecule has 0 radical (unpaired) electrons. The number of thiophene rings is 1. The van der Waals surface area contributed by atoms with Gasteiger partial charge in [0.15, 0.2) is 0 Å². The van der Waals surface area contributed by atoms with Crippen LogP contribution in [0.25, 0.3) is 10.2 Å². The average Bonchev–Trinajstić information content (AvgIpc) is 3.17. The van der Waals surface area contributed by atoms with Crippen molar-refractivity contribution in [3.63, 3.8) is 0 Å². The summed E-state index contributed by atoms with van der Waals surface area (Å²) in [6.45, 7) is 6.96. The number of aryl methyl sites for hydroxylation is 1. The molecule has 140 valence electrons. The van der Waals surface area contributed by atoms with Crippen LogP contribution in [-0.2, 0) is 12.8 Å². The second-order valence-electron chi connectivity index (χ2n) is 8.98. The maximum Gasteiger partial charge on any atom is 0.261 e. The third kappa shape index (κ3) is 3.39. The van der Waals surface area contributed by atoms with Gasteiger partial charge < -0.3 is 10.4 Å². The van der Waals surface area contributed by atoms with Gasteiger partial charge in [-0.1, -0.05) is 20.8 Å². The first-order chi connectivity index (χ1) is 12.3. The fourth-order valence-electron chi connectivity index (χ4n) is 4.32. The third-order valence-electron chi connectivity index (χ3n) is 6.12.